The summed E-state index contributed by atoms with van der Waals surface area (Å²) in [5.74, 6) is 0. The molecule has 3 heteroatoms. The van der Waals surface area contributed by atoms with Crippen molar-refractivity contribution in [3.8, 4) is 0 Å². The highest BCUT2D eigenvalue weighted by Crippen LogP contribution is 2.21. The van der Waals surface area contributed by atoms with Crippen LogP contribution in [0.4, 0.5) is 0 Å². The van der Waals surface area contributed by atoms with Gasteiger partial charge in [-0.2, -0.15) is 0 Å². The number of hydrogen-bond acceptors (Lipinski definition) is 3. The van der Waals surface area contributed by atoms with Crippen molar-refractivity contribution >= 4 is 0 Å². The number of hydrogen-bond donors (Lipinski definition) is 2. The average molecular weight is 169 g/mol. The summed E-state index contributed by atoms with van der Waals surface area (Å²) in [7, 11) is 2.01. The Bertz CT molecular complexity index is 137. The largest absolute Gasteiger partial charge is 0.311 e. The van der Waals surface area contributed by atoms with E-state index in [0.29, 0.717) is 0 Å². The zero-order valence-electron chi connectivity index (χ0n) is 7.84. The van der Waals surface area contributed by atoms with Gasteiger partial charge in [0.15, 0.2) is 0 Å². The topological polar surface area (TPSA) is 27.3 Å². The highest BCUT2D eigenvalue weighted by atomic mass is 15.5. The van der Waals surface area contributed by atoms with Gasteiger partial charge in [0.05, 0.1) is 0 Å². The van der Waals surface area contributed by atoms with Crippen LogP contribution in [-0.4, -0.2) is 37.2 Å². The molecule has 0 radical (unpaired) electrons. The Hall–Kier alpha value is -0.120. The van der Waals surface area contributed by atoms with Crippen LogP contribution < -0.4 is 10.7 Å². The number of hydrazine groups is 1. The predicted octanol–water partition coefficient (Wildman–Crippen LogP) is 0.337. The van der Waals surface area contributed by atoms with Crippen LogP contribution in [0, 0.1) is 0 Å². The maximum atomic E-state index is 3.68. The lowest BCUT2D eigenvalue weighted by Gasteiger charge is -2.31. The van der Waals surface area contributed by atoms with Crippen molar-refractivity contribution in [2.75, 3.05) is 20.1 Å². The molecule has 1 heterocycles. The molecule has 2 aliphatic rings. The van der Waals surface area contributed by atoms with Crippen LogP contribution in [0.1, 0.15) is 25.7 Å². The van der Waals surface area contributed by atoms with E-state index in [1.54, 1.807) is 0 Å². The SMILES string of the molecule is CNN1CCC(NC2CC2)CC1. The zero-order valence-corrected chi connectivity index (χ0v) is 7.84. The monoisotopic (exact) mass is 169 g/mol. The van der Waals surface area contributed by atoms with Crippen molar-refractivity contribution in [2.45, 2.75) is 37.8 Å². The molecule has 1 saturated heterocycles. The van der Waals surface area contributed by atoms with Crippen molar-refractivity contribution < 1.29 is 0 Å². The van der Waals surface area contributed by atoms with E-state index in [4.69, 9.17) is 0 Å². The molecule has 0 spiro atoms. The van der Waals surface area contributed by atoms with Crippen LogP contribution in [0.15, 0.2) is 0 Å². The molecule has 3 nitrogen and oxygen atoms in total. The summed E-state index contributed by atoms with van der Waals surface area (Å²) in [4.78, 5) is 0. The third-order valence-electron chi connectivity index (χ3n) is 2.86. The van der Waals surface area contributed by atoms with Gasteiger partial charge in [-0.15, -0.1) is 0 Å². The van der Waals surface area contributed by atoms with E-state index in [1.165, 1.54) is 38.8 Å². The van der Waals surface area contributed by atoms with Gasteiger partial charge < -0.3 is 5.32 Å². The van der Waals surface area contributed by atoms with E-state index in [2.05, 4.69) is 15.8 Å². The minimum Gasteiger partial charge on any atom is -0.311 e. The third kappa shape index (κ3) is 2.19. The molecule has 12 heavy (non-hydrogen) atoms. The number of rotatable bonds is 3. The Morgan fingerprint density at radius 3 is 2.08 bits per heavy atom. The molecule has 0 bridgehead atoms. The standard InChI is InChI=1S/C9H19N3/c1-10-12-6-4-9(5-7-12)11-8-2-3-8/h8-11H,2-7H2,1H3. The molecule has 2 N–H and O–H groups in total. The van der Waals surface area contributed by atoms with E-state index < -0.39 is 0 Å². The summed E-state index contributed by atoms with van der Waals surface area (Å²) in [6, 6.07) is 1.67. The van der Waals surface area contributed by atoms with Crippen molar-refractivity contribution in [1.82, 2.24) is 15.8 Å². The molecular weight excluding hydrogens is 150 g/mol. The van der Waals surface area contributed by atoms with E-state index in [0.717, 1.165) is 12.1 Å². The quantitative estimate of drug-likeness (QED) is 0.638. The van der Waals surface area contributed by atoms with Gasteiger partial charge in [0, 0.05) is 25.2 Å². The van der Waals surface area contributed by atoms with Gasteiger partial charge >= 0.3 is 0 Å². The van der Waals surface area contributed by atoms with Gasteiger partial charge in [-0.05, 0) is 32.7 Å². The number of nitrogens with one attached hydrogen (secondary N) is 2. The van der Waals surface area contributed by atoms with Crippen molar-refractivity contribution in [3.63, 3.8) is 0 Å². The molecule has 0 aromatic heterocycles. The van der Waals surface area contributed by atoms with Gasteiger partial charge in [-0.3, -0.25) is 5.43 Å². The first-order valence-electron chi connectivity index (χ1n) is 5.07. The summed E-state index contributed by atoms with van der Waals surface area (Å²) in [5, 5.41) is 5.98. The summed E-state index contributed by atoms with van der Waals surface area (Å²) in [6.07, 6.45) is 5.42. The van der Waals surface area contributed by atoms with Crippen LogP contribution in [0.2, 0.25) is 0 Å². The molecule has 0 aromatic rings. The van der Waals surface area contributed by atoms with E-state index in [9.17, 15) is 0 Å². The lowest BCUT2D eigenvalue weighted by molar-refractivity contribution is 0.148. The van der Waals surface area contributed by atoms with Crippen molar-refractivity contribution in [3.05, 3.63) is 0 Å². The molecule has 0 atom stereocenters. The molecule has 0 amide bonds. The van der Waals surface area contributed by atoms with Crippen molar-refractivity contribution in [1.29, 1.82) is 0 Å². The second kappa shape index (κ2) is 3.73. The first-order chi connectivity index (χ1) is 5.88. The maximum absolute atomic E-state index is 3.68. The molecule has 0 aromatic carbocycles. The fourth-order valence-electron chi connectivity index (χ4n) is 1.85. The van der Waals surface area contributed by atoms with Gasteiger partial charge in [0.2, 0.25) is 0 Å². The van der Waals surface area contributed by atoms with E-state index in [-0.39, 0.29) is 0 Å². The number of nitrogens with zero attached hydrogens (tertiary/aromatic N) is 1. The van der Waals surface area contributed by atoms with Crippen molar-refractivity contribution in [2.24, 2.45) is 0 Å². The molecule has 1 saturated carbocycles. The third-order valence-corrected chi connectivity index (χ3v) is 2.86. The highest BCUT2D eigenvalue weighted by molar-refractivity contribution is 4.86. The average Bonchev–Trinajstić information content (AvgIpc) is 2.90. The van der Waals surface area contributed by atoms with Gasteiger partial charge in [0.25, 0.3) is 0 Å². The van der Waals surface area contributed by atoms with Crippen LogP contribution in [0.5, 0.6) is 0 Å². The normalized spacial score (nSPS) is 27.8. The first-order valence-corrected chi connectivity index (χ1v) is 5.07. The Kier molecular flexibility index (Phi) is 2.63. The second-order valence-electron chi connectivity index (χ2n) is 3.93. The van der Waals surface area contributed by atoms with Gasteiger partial charge in [0.1, 0.15) is 0 Å². The van der Waals surface area contributed by atoms with Gasteiger partial charge in [-0.25, -0.2) is 5.01 Å². The summed E-state index contributed by atoms with van der Waals surface area (Å²) in [5.41, 5.74) is 3.20. The minimum absolute atomic E-state index is 0.794. The Balaban J connectivity index is 1.66. The molecule has 1 aliphatic carbocycles. The Labute approximate surface area is 74.5 Å². The highest BCUT2D eigenvalue weighted by Gasteiger charge is 2.26. The minimum atomic E-state index is 0.794. The Morgan fingerprint density at radius 1 is 1.00 bits per heavy atom. The van der Waals surface area contributed by atoms with Crippen LogP contribution in [0.25, 0.3) is 0 Å². The molecule has 2 fully saturated rings. The summed E-state index contributed by atoms with van der Waals surface area (Å²) < 4.78 is 0. The zero-order chi connectivity index (χ0) is 8.39. The summed E-state index contributed by atoms with van der Waals surface area (Å²) in [6.45, 7) is 2.39. The Morgan fingerprint density at radius 2 is 1.58 bits per heavy atom. The molecule has 0 unspecified atom stereocenters. The molecular formula is C9H19N3. The first kappa shape index (κ1) is 8.48. The fourth-order valence-corrected chi connectivity index (χ4v) is 1.85. The maximum Gasteiger partial charge on any atom is 0.0145 e. The predicted molar refractivity (Wildman–Crippen MR) is 49.8 cm³/mol. The number of piperidine rings is 1. The van der Waals surface area contributed by atoms with Crippen LogP contribution >= 0.6 is 0 Å². The fraction of sp³-hybridized carbons (Fsp3) is 1.00. The molecule has 1 aliphatic heterocycles. The van der Waals surface area contributed by atoms with Crippen LogP contribution in [-0.2, 0) is 0 Å². The molecule has 2 rings (SSSR count). The van der Waals surface area contributed by atoms with E-state index >= 15 is 0 Å². The van der Waals surface area contributed by atoms with Crippen LogP contribution in [0.3, 0.4) is 0 Å². The summed E-state index contributed by atoms with van der Waals surface area (Å²) >= 11 is 0. The lowest BCUT2D eigenvalue weighted by Crippen LogP contribution is -2.47. The molecule has 70 valence electrons. The lowest BCUT2D eigenvalue weighted by atomic mass is 10.1. The smallest absolute Gasteiger partial charge is 0.0145 e. The second-order valence-corrected chi connectivity index (χ2v) is 3.93. The van der Waals surface area contributed by atoms with E-state index in [1.807, 2.05) is 7.05 Å². The van der Waals surface area contributed by atoms with Gasteiger partial charge in [-0.1, -0.05) is 0 Å².